The van der Waals surface area contributed by atoms with Gasteiger partial charge in [0.15, 0.2) is 0 Å². The summed E-state index contributed by atoms with van der Waals surface area (Å²) >= 11 is 0. The number of nitrogens with zero attached hydrogens (tertiary/aromatic N) is 1. The molecule has 4 heteroatoms. The topological polar surface area (TPSA) is 34.1 Å². The van der Waals surface area contributed by atoms with Crippen LogP contribution < -0.4 is 0 Å². The van der Waals surface area contributed by atoms with Gasteiger partial charge in [0.05, 0.1) is 21.1 Å². The van der Waals surface area contributed by atoms with E-state index in [-0.39, 0.29) is 0 Å². The standard InChI is InChI=1S/C24H49NO2P/c1-6-8-9-10-11-12-13-14-15-16-17-18-19-20-21-22-23-24(7-2,28(26)27)25(3,4)5/h6H,1,7-23H2,2-5H3/q+1. The van der Waals surface area contributed by atoms with Crippen molar-refractivity contribution < 1.29 is 13.6 Å². The average Bonchev–Trinajstić information content (AvgIpc) is 2.63. The second-order valence-corrected chi connectivity index (χ2v) is 10.7. The van der Waals surface area contributed by atoms with Crippen molar-refractivity contribution >= 4 is 7.68 Å². The van der Waals surface area contributed by atoms with Gasteiger partial charge in [0.1, 0.15) is 0 Å². The summed E-state index contributed by atoms with van der Waals surface area (Å²) in [4.78, 5) is 0. The van der Waals surface area contributed by atoms with E-state index in [1.54, 1.807) is 0 Å². The molecule has 0 heterocycles. The summed E-state index contributed by atoms with van der Waals surface area (Å²) in [6.45, 7) is 5.78. The molecule has 0 saturated carbocycles. The molecule has 0 aromatic heterocycles. The molecule has 28 heavy (non-hydrogen) atoms. The number of hydrogen-bond donors (Lipinski definition) is 0. The highest BCUT2D eigenvalue weighted by Gasteiger charge is 2.46. The molecule has 0 amide bonds. The number of hydrogen-bond acceptors (Lipinski definition) is 2. The predicted molar refractivity (Wildman–Crippen MR) is 123 cm³/mol. The van der Waals surface area contributed by atoms with Gasteiger partial charge < -0.3 is 4.48 Å². The Balaban J connectivity index is 3.58. The molecule has 0 aromatic rings. The lowest BCUT2D eigenvalue weighted by molar-refractivity contribution is -0.908. The molecule has 0 fully saturated rings. The first-order chi connectivity index (χ1) is 13.3. The van der Waals surface area contributed by atoms with E-state index in [0.717, 1.165) is 19.3 Å². The van der Waals surface area contributed by atoms with Gasteiger partial charge in [-0.1, -0.05) is 90.0 Å². The summed E-state index contributed by atoms with van der Waals surface area (Å²) in [6, 6.07) is 0. The van der Waals surface area contributed by atoms with Crippen molar-refractivity contribution in [3.8, 4) is 0 Å². The fraction of sp³-hybridized carbons (Fsp3) is 0.917. The largest absolute Gasteiger partial charge is 0.378 e. The third kappa shape index (κ3) is 11.6. The molecule has 0 bridgehead atoms. The van der Waals surface area contributed by atoms with E-state index in [1.807, 2.05) is 34.1 Å². The Morgan fingerprint density at radius 2 is 1.07 bits per heavy atom. The summed E-state index contributed by atoms with van der Waals surface area (Å²) in [6.07, 6.45) is 23.2. The number of unbranched alkanes of at least 4 members (excludes halogenated alkanes) is 14. The molecular formula is C24H49NO2P+. The first-order valence-corrected chi connectivity index (χ1v) is 13.1. The summed E-state index contributed by atoms with van der Waals surface area (Å²) in [5.74, 6) is 0. The Morgan fingerprint density at radius 3 is 1.36 bits per heavy atom. The molecule has 0 spiro atoms. The van der Waals surface area contributed by atoms with Crippen molar-refractivity contribution in [1.82, 2.24) is 0 Å². The molecule has 166 valence electrons. The number of rotatable bonds is 20. The van der Waals surface area contributed by atoms with Crippen LogP contribution in [0.25, 0.3) is 0 Å². The fourth-order valence-corrected chi connectivity index (χ4v) is 5.36. The van der Waals surface area contributed by atoms with Crippen LogP contribution in [0.3, 0.4) is 0 Å². The summed E-state index contributed by atoms with van der Waals surface area (Å²) in [5, 5.41) is -0.596. The van der Waals surface area contributed by atoms with Crippen molar-refractivity contribution in [2.45, 2.75) is 121 Å². The maximum Gasteiger partial charge on any atom is 0.378 e. The van der Waals surface area contributed by atoms with Gasteiger partial charge in [-0.3, -0.25) is 0 Å². The van der Waals surface area contributed by atoms with Gasteiger partial charge in [0.2, 0.25) is 5.28 Å². The van der Waals surface area contributed by atoms with Gasteiger partial charge in [-0.15, -0.1) is 6.58 Å². The lowest BCUT2D eigenvalue weighted by Crippen LogP contribution is -2.53. The van der Waals surface area contributed by atoms with Crippen LogP contribution in [-0.2, 0) is 9.13 Å². The van der Waals surface area contributed by atoms with Crippen LogP contribution in [0.1, 0.15) is 116 Å². The predicted octanol–water partition coefficient (Wildman–Crippen LogP) is 8.40. The van der Waals surface area contributed by atoms with Gasteiger partial charge in [-0.25, -0.2) is 9.13 Å². The minimum absolute atomic E-state index is 0.511. The molecule has 0 saturated heterocycles. The van der Waals surface area contributed by atoms with Gasteiger partial charge in [-0.2, -0.15) is 0 Å². The molecule has 3 nitrogen and oxygen atoms in total. The van der Waals surface area contributed by atoms with E-state index in [9.17, 15) is 9.13 Å². The molecule has 0 aromatic carbocycles. The van der Waals surface area contributed by atoms with Crippen LogP contribution in [0, 0.1) is 0 Å². The Bertz CT molecular complexity index is 446. The molecule has 0 radical (unpaired) electrons. The highest BCUT2D eigenvalue weighted by atomic mass is 31.1. The third-order valence-corrected chi connectivity index (χ3v) is 8.21. The fourth-order valence-electron chi connectivity index (χ4n) is 4.27. The molecule has 0 aliphatic carbocycles. The minimum atomic E-state index is -2.41. The molecule has 0 rings (SSSR count). The van der Waals surface area contributed by atoms with Gasteiger partial charge in [0.25, 0.3) is 0 Å². The van der Waals surface area contributed by atoms with E-state index in [4.69, 9.17) is 0 Å². The quantitative estimate of drug-likeness (QED) is 0.0867. The Kier molecular flexibility index (Phi) is 16.2. The van der Waals surface area contributed by atoms with Gasteiger partial charge in [-0.05, 0) is 19.3 Å². The van der Waals surface area contributed by atoms with Crippen molar-refractivity contribution in [1.29, 1.82) is 0 Å². The van der Waals surface area contributed by atoms with Crippen molar-refractivity contribution in [3.05, 3.63) is 12.7 Å². The molecular weight excluding hydrogens is 365 g/mol. The van der Waals surface area contributed by atoms with E-state index in [2.05, 4.69) is 6.58 Å². The van der Waals surface area contributed by atoms with E-state index in [0.29, 0.717) is 10.9 Å². The Hall–Kier alpha value is -0.400. The Morgan fingerprint density at radius 1 is 0.714 bits per heavy atom. The van der Waals surface area contributed by atoms with Crippen molar-refractivity contribution in [3.63, 3.8) is 0 Å². The molecule has 1 unspecified atom stereocenters. The van der Waals surface area contributed by atoms with E-state index >= 15 is 0 Å². The summed E-state index contributed by atoms with van der Waals surface area (Å²) in [5.41, 5.74) is 0. The van der Waals surface area contributed by atoms with Crippen LogP contribution in [0.4, 0.5) is 0 Å². The van der Waals surface area contributed by atoms with E-state index in [1.165, 1.54) is 83.5 Å². The SMILES string of the molecule is C=CCCCCCCCCCCCCCCCCC(CC)(P(=O)=O)[N+](C)(C)C. The lowest BCUT2D eigenvalue weighted by atomic mass is 10.0. The average molecular weight is 415 g/mol. The molecule has 0 aliphatic rings. The van der Waals surface area contributed by atoms with Gasteiger partial charge >= 0.3 is 7.68 Å². The lowest BCUT2D eigenvalue weighted by Gasteiger charge is -2.40. The second kappa shape index (κ2) is 16.4. The van der Waals surface area contributed by atoms with Gasteiger partial charge in [0, 0.05) is 12.8 Å². The van der Waals surface area contributed by atoms with Crippen LogP contribution in [0.15, 0.2) is 12.7 Å². The smallest absolute Gasteiger partial charge is 0.314 e. The molecule has 0 aliphatic heterocycles. The zero-order valence-corrected chi connectivity index (χ0v) is 20.4. The molecule has 0 N–H and O–H groups in total. The first kappa shape index (κ1) is 27.6. The van der Waals surface area contributed by atoms with Crippen LogP contribution in [0.2, 0.25) is 0 Å². The summed E-state index contributed by atoms with van der Waals surface area (Å²) < 4.78 is 24.3. The monoisotopic (exact) mass is 414 g/mol. The highest BCUT2D eigenvalue weighted by Crippen LogP contribution is 2.43. The summed E-state index contributed by atoms with van der Waals surface area (Å²) in [7, 11) is 3.62. The maximum atomic E-state index is 11.9. The Labute approximate surface area is 176 Å². The first-order valence-electron chi connectivity index (χ1n) is 11.9. The molecule has 1 atom stereocenters. The number of quaternary nitrogens is 1. The maximum absolute atomic E-state index is 11.9. The van der Waals surface area contributed by atoms with Crippen LogP contribution in [-0.4, -0.2) is 30.9 Å². The van der Waals surface area contributed by atoms with Crippen molar-refractivity contribution in [2.24, 2.45) is 0 Å². The zero-order chi connectivity index (χ0) is 21.3. The normalized spacial score (nSPS) is 14.0. The second-order valence-electron chi connectivity index (χ2n) is 9.38. The van der Waals surface area contributed by atoms with Crippen LogP contribution in [0.5, 0.6) is 0 Å². The minimum Gasteiger partial charge on any atom is -0.314 e. The van der Waals surface area contributed by atoms with Crippen molar-refractivity contribution in [2.75, 3.05) is 21.1 Å². The third-order valence-electron chi connectivity index (χ3n) is 6.39. The highest BCUT2D eigenvalue weighted by molar-refractivity contribution is 7.32. The zero-order valence-electron chi connectivity index (χ0n) is 19.5. The van der Waals surface area contributed by atoms with Crippen LogP contribution >= 0.6 is 7.68 Å². The van der Waals surface area contributed by atoms with E-state index < -0.39 is 13.0 Å². The number of allylic oxidation sites excluding steroid dienone is 1.